The second-order valence-corrected chi connectivity index (χ2v) is 4.27. The summed E-state index contributed by atoms with van der Waals surface area (Å²) in [5.74, 6) is -0.327. The van der Waals surface area contributed by atoms with Gasteiger partial charge in [-0.1, -0.05) is 29.8 Å². The number of pyridine rings is 1. The van der Waals surface area contributed by atoms with E-state index in [2.05, 4.69) is 20.5 Å². The van der Waals surface area contributed by atoms with E-state index in [9.17, 15) is 4.79 Å². The first-order chi connectivity index (χ1) is 9.25. The van der Waals surface area contributed by atoms with Crippen LogP contribution >= 0.6 is 11.6 Å². The molecule has 0 aliphatic heterocycles. The van der Waals surface area contributed by atoms with Crippen molar-refractivity contribution in [1.29, 1.82) is 0 Å². The maximum Gasteiger partial charge on any atom is 0.276 e. The zero-order valence-electron chi connectivity index (χ0n) is 9.72. The van der Waals surface area contributed by atoms with Crippen molar-refractivity contribution in [2.45, 2.75) is 0 Å². The summed E-state index contributed by atoms with van der Waals surface area (Å²) in [6, 6.07) is 10.8. The molecule has 0 atom stereocenters. The molecule has 3 rings (SSSR count). The predicted octanol–water partition coefficient (Wildman–Crippen LogP) is 2.86. The van der Waals surface area contributed by atoms with Crippen LogP contribution in [0.5, 0.6) is 0 Å². The summed E-state index contributed by atoms with van der Waals surface area (Å²) in [6.07, 6.45) is 1.56. The van der Waals surface area contributed by atoms with Gasteiger partial charge in [-0.05, 0) is 18.2 Å². The summed E-state index contributed by atoms with van der Waals surface area (Å²) in [4.78, 5) is 16.1. The largest absolute Gasteiger partial charge is 0.318 e. The normalized spacial score (nSPS) is 10.6. The molecular formula is C13H9ClN4O. The SMILES string of the molecule is O=C(Nc1cccnc1Cl)c1n[nH]c2ccccc12. The zero-order valence-corrected chi connectivity index (χ0v) is 10.5. The van der Waals surface area contributed by atoms with Crippen LogP contribution in [0.4, 0.5) is 5.69 Å². The van der Waals surface area contributed by atoms with E-state index in [1.54, 1.807) is 18.3 Å². The van der Waals surface area contributed by atoms with Crippen molar-refractivity contribution in [2.75, 3.05) is 5.32 Å². The quantitative estimate of drug-likeness (QED) is 0.705. The fraction of sp³-hybridized carbons (Fsp3) is 0. The van der Waals surface area contributed by atoms with E-state index < -0.39 is 0 Å². The molecule has 0 aliphatic rings. The summed E-state index contributed by atoms with van der Waals surface area (Å²) in [5, 5.41) is 10.5. The lowest BCUT2D eigenvalue weighted by molar-refractivity contribution is 0.102. The molecule has 19 heavy (non-hydrogen) atoms. The van der Waals surface area contributed by atoms with E-state index in [1.807, 2.05) is 24.3 Å². The van der Waals surface area contributed by atoms with Gasteiger partial charge in [0.1, 0.15) is 0 Å². The Morgan fingerprint density at radius 1 is 1.21 bits per heavy atom. The molecule has 0 unspecified atom stereocenters. The number of aromatic amines is 1. The molecule has 0 saturated carbocycles. The molecule has 5 nitrogen and oxygen atoms in total. The van der Waals surface area contributed by atoms with Crippen molar-refractivity contribution in [3.05, 3.63) is 53.4 Å². The molecule has 1 aromatic carbocycles. The standard InChI is InChI=1S/C13H9ClN4O/c14-12-10(6-3-7-15-12)16-13(19)11-8-4-1-2-5-9(8)17-18-11/h1-7H,(H,16,19)(H,17,18). The van der Waals surface area contributed by atoms with E-state index in [1.165, 1.54) is 0 Å². The molecule has 94 valence electrons. The minimum Gasteiger partial charge on any atom is -0.318 e. The Kier molecular flexibility index (Phi) is 2.89. The van der Waals surface area contributed by atoms with Gasteiger partial charge in [0.05, 0.1) is 11.2 Å². The van der Waals surface area contributed by atoms with Crippen LogP contribution in [0.3, 0.4) is 0 Å². The van der Waals surface area contributed by atoms with Crippen LogP contribution < -0.4 is 5.32 Å². The summed E-state index contributed by atoms with van der Waals surface area (Å²) in [5.41, 5.74) is 1.60. The molecular weight excluding hydrogens is 264 g/mol. The molecule has 0 radical (unpaired) electrons. The smallest absolute Gasteiger partial charge is 0.276 e. The molecule has 0 aliphatic carbocycles. The van der Waals surface area contributed by atoms with Crippen molar-refractivity contribution < 1.29 is 4.79 Å². The molecule has 1 amide bonds. The van der Waals surface area contributed by atoms with Crippen LogP contribution in [0.15, 0.2) is 42.6 Å². The van der Waals surface area contributed by atoms with Gasteiger partial charge in [0, 0.05) is 11.6 Å². The number of benzene rings is 1. The lowest BCUT2D eigenvalue weighted by Crippen LogP contribution is -2.13. The highest BCUT2D eigenvalue weighted by Gasteiger charge is 2.15. The van der Waals surface area contributed by atoms with E-state index in [0.29, 0.717) is 11.4 Å². The third-order valence-electron chi connectivity index (χ3n) is 2.69. The number of hydrogen-bond acceptors (Lipinski definition) is 3. The van der Waals surface area contributed by atoms with Crippen molar-refractivity contribution in [2.24, 2.45) is 0 Å². The van der Waals surface area contributed by atoms with Gasteiger partial charge in [0.2, 0.25) is 0 Å². The first kappa shape index (κ1) is 11.7. The van der Waals surface area contributed by atoms with Crippen LogP contribution in [-0.4, -0.2) is 21.1 Å². The number of carbonyl (C=O) groups excluding carboxylic acids is 1. The molecule has 3 aromatic rings. The van der Waals surface area contributed by atoms with Crippen molar-refractivity contribution >= 4 is 34.1 Å². The van der Waals surface area contributed by atoms with Crippen LogP contribution in [0.1, 0.15) is 10.5 Å². The van der Waals surface area contributed by atoms with Crippen molar-refractivity contribution in [3.8, 4) is 0 Å². The summed E-state index contributed by atoms with van der Waals surface area (Å²) >= 11 is 5.89. The topological polar surface area (TPSA) is 70.7 Å². The highest BCUT2D eigenvalue weighted by atomic mass is 35.5. The third kappa shape index (κ3) is 2.15. The number of fused-ring (bicyclic) bond motifs is 1. The predicted molar refractivity (Wildman–Crippen MR) is 73.3 cm³/mol. The highest BCUT2D eigenvalue weighted by Crippen LogP contribution is 2.20. The molecule has 0 spiro atoms. The lowest BCUT2D eigenvalue weighted by Gasteiger charge is -2.04. The number of nitrogens with one attached hydrogen (secondary N) is 2. The molecule has 0 bridgehead atoms. The van der Waals surface area contributed by atoms with Crippen LogP contribution in [0.25, 0.3) is 10.9 Å². The third-order valence-corrected chi connectivity index (χ3v) is 2.99. The molecule has 2 aromatic heterocycles. The maximum atomic E-state index is 12.2. The fourth-order valence-electron chi connectivity index (χ4n) is 1.80. The number of anilines is 1. The number of hydrogen-bond donors (Lipinski definition) is 2. The van der Waals surface area contributed by atoms with Crippen LogP contribution in [0.2, 0.25) is 5.15 Å². The minimum atomic E-state index is -0.327. The van der Waals surface area contributed by atoms with Gasteiger partial charge in [-0.3, -0.25) is 9.89 Å². The van der Waals surface area contributed by atoms with Gasteiger partial charge in [-0.15, -0.1) is 0 Å². The first-order valence-corrected chi connectivity index (χ1v) is 5.98. The second kappa shape index (κ2) is 4.70. The average Bonchev–Trinajstić information content (AvgIpc) is 2.85. The summed E-state index contributed by atoms with van der Waals surface area (Å²) in [6.45, 7) is 0. The Morgan fingerprint density at radius 3 is 2.89 bits per heavy atom. The number of rotatable bonds is 2. The van der Waals surface area contributed by atoms with Crippen LogP contribution in [-0.2, 0) is 0 Å². The van der Waals surface area contributed by atoms with Gasteiger partial charge in [-0.25, -0.2) is 4.98 Å². The summed E-state index contributed by atoms with van der Waals surface area (Å²) < 4.78 is 0. The molecule has 2 N–H and O–H groups in total. The summed E-state index contributed by atoms with van der Waals surface area (Å²) in [7, 11) is 0. The Balaban J connectivity index is 1.95. The number of amides is 1. The van der Waals surface area contributed by atoms with Crippen molar-refractivity contribution in [1.82, 2.24) is 15.2 Å². The van der Waals surface area contributed by atoms with E-state index in [0.717, 1.165) is 10.9 Å². The number of aromatic nitrogens is 3. The number of carbonyl (C=O) groups is 1. The van der Waals surface area contributed by atoms with Crippen molar-refractivity contribution in [3.63, 3.8) is 0 Å². The number of halogens is 1. The van der Waals surface area contributed by atoms with E-state index in [-0.39, 0.29) is 11.1 Å². The Hall–Kier alpha value is -2.40. The van der Waals surface area contributed by atoms with Gasteiger partial charge >= 0.3 is 0 Å². The molecule has 0 saturated heterocycles. The molecule has 0 fully saturated rings. The average molecular weight is 273 g/mol. The lowest BCUT2D eigenvalue weighted by atomic mass is 10.2. The Bertz CT molecular complexity index is 753. The van der Waals surface area contributed by atoms with E-state index in [4.69, 9.17) is 11.6 Å². The van der Waals surface area contributed by atoms with Crippen LogP contribution in [0, 0.1) is 0 Å². The fourth-order valence-corrected chi connectivity index (χ4v) is 1.96. The highest BCUT2D eigenvalue weighted by molar-refractivity contribution is 6.32. The zero-order chi connectivity index (χ0) is 13.2. The molecule has 2 heterocycles. The minimum absolute atomic E-state index is 0.246. The van der Waals surface area contributed by atoms with Gasteiger partial charge in [0.15, 0.2) is 10.8 Å². The number of nitrogens with zero attached hydrogens (tertiary/aromatic N) is 2. The van der Waals surface area contributed by atoms with Gasteiger partial charge in [-0.2, -0.15) is 5.10 Å². The Morgan fingerprint density at radius 2 is 2.05 bits per heavy atom. The van der Waals surface area contributed by atoms with E-state index >= 15 is 0 Å². The number of H-pyrrole nitrogens is 1. The van der Waals surface area contributed by atoms with Gasteiger partial charge < -0.3 is 5.32 Å². The Labute approximate surface area is 113 Å². The molecule has 6 heteroatoms. The first-order valence-electron chi connectivity index (χ1n) is 5.60. The monoisotopic (exact) mass is 272 g/mol. The van der Waals surface area contributed by atoms with Gasteiger partial charge in [0.25, 0.3) is 5.91 Å². The second-order valence-electron chi connectivity index (χ2n) is 3.91. The maximum absolute atomic E-state index is 12.2. The number of para-hydroxylation sites is 1.